The fourth-order valence-corrected chi connectivity index (χ4v) is 7.75. The number of aromatic carboxylic acids is 1. The van der Waals surface area contributed by atoms with E-state index in [-0.39, 0.29) is 76.7 Å². The number of likely N-dealkylation sites (tertiary alicyclic amines) is 1. The van der Waals surface area contributed by atoms with Crippen LogP contribution in [0.25, 0.3) is 33.4 Å². The number of rotatable bonds is 17. The lowest BCUT2D eigenvalue weighted by atomic mass is 9.90. The molecule has 2 aromatic carbocycles. The van der Waals surface area contributed by atoms with Crippen LogP contribution >= 0.6 is 12.2 Å². The highest BCUT2D eigenvalue weighted by Gasteiger charge is 2.39. The van der Waals surface area contributed by atoms with Gasteiger partial charge in [0.25, 0.3) is 0 Å². The molecule has 3 aliphatic rings. The molecular formula is C43H52N8O11S. The number of hydrogen-bond acceptors (Lipinski definition) is 12. The number of esters is 1. The van der Waals surface area contributed by atoms with E-state index < -0.39 is 59.9 Å². The van der Waals surface area contributed by atoms with Gasteiger partial charge in [-0.1, -0.05) is 19.9 Å². The van der Waals surface area contributed by atoms with Crippen molar-refractivity contribution in [2.45, 2.75) is 83.1 Å². The number of amides is 3. The predicted octanol–water partition coefficient (Wildman–Crippen LogP) is 2.24. The lowest BCUT2D eigenvalue weighted by Crippen LogP contribution is -2.58. The second-order valence-corrected chi connectivity index (χ2v) is 16.0. The molecule has 3 amide bonds. The van der Waals surface area contributed by atoms with E-state index in [1.54, 1.807) is 24.3 Å². The minimum atomic E-state index is -1.41. The molecular weight excluding hydrogens is 837 g/mol. The van der Waals surface area contributed by atoms with Crippen molar-refractivity contribution in [3.8, 4) is 28.2 Å². The monoisotopic (exact) mass is 888 g/mol. The molecule has 1 saturated heterocycles. The second kappa shape index (κ2) is 20.8. The Bertz CT molecular complexity index is 2430. The van der Waals surface area contributed by atoms with Crippen LogP contribution in [0.2, 0.25) is 0 Å². The Morgan fingerprint density at radius 1 is 0.984 bits per heavy atom. The molecule has 63 heavy (non-hydrogen) atoms. The Kier molecular flexibility index (Phi) is 15.6. The van der Waals surface area contributed by atoms with Crippen molar-refractivity contribution in [2.75, 3.05) is 25.5 Å². The normalized spacial score (nSPS) is 15.5. The third-order valence-corrected chi connectivity index (χ3v) is 10.6. The highest BCUT2D eigenvalue weighted by molar-refractivity contribution is 7.80. The number of thiocarbonyl (C=S) groups is 1. The van der Waals surface area contributed by atoms with Crippen LogP contribution in [0.1, 0.15) is 63.2 Å². The zero-order valence-corrected chi connectivity index (χ0v) is 36.0. The molecule has 5 rings (SSSR count). The molecule has 5 atom stereocenters. The third kappa shape index (κ3) is 11.8. The number of benzene rings is 3. The van der Waals surface area contributed by atoms with Gasteiger partial charge in [-0.2, -0.15) is 0 Å². The number of nitrogens with zero attached hydrogens (tertiary/aromatic N) is 2. The zero-order valence-electron chi connectivity index (χ0n) is 35.2. The number of phenols is 1. The van der Waals surface area contributed by atoms with Gasteiger partial charge < -0.3 is 62.1 Å². The van der Waals surface area contributed by atoms with Crippen molar-refractivity contribution in [3.63, 3.8) is 0 Å². The van der Waals surface area contributed by atoms with Gasteiger partial charge in [-0.25, -0.2) is 9.59 Å². The summed E-state index contributed by atoms with van der Waals surface area (Å²) in [5.41, 5.74) is 12.2. The molecule has 0 aromatic heterocycles. The summed E-state index contributed by atoms with van der Waals surface area (Å²) < 4.78 is 10.6. The molecule has 19 nitrogen and oxygen atoms in total. The number of aliphatic imine (C=N–C) groups is 1. The number of ether oxygens (including phenoxy) is 1. The molecule has 0 spiro atoms. The minimum Gasteiger partial charge on any atom is -0.508 e. The van der Waals surface area contributed by atoms with E-state index in [9.17, 15) is 44.1 Å². The number of anilines is 1. The molecule has 0 bridgehead atoms. The molecule has 0 radical (unpaired) electrons. The Balaban J connectivity index is 1.35. The number of aliphatic hydroxyl groups excluding tert-OH is 1. The Labute approximate surface area is 367 Å². The summed E-state index contributed by atoms with van der Waals surface area (Å²) in [6, 6.07) is 8.67. The molecule has 1 aliphatic carbocycles. The van der Waals surface area contributed by atoms with Gasteiger partial charge in [-0.15, -0.1) is 0 Å². The number of hydrogen-bond donors (Lipinski definition) is 9. The van der Waals surface area contributed by atoms with Crippen molar-refractivity contribution in [1.29, 1.82) is 0 Å². The number of carbonyl (C=O) groups excluding carboxylic acids is 4. The van der Waals surface area contributed by atoms with Gasteiger partial charge >= 0.3 is 11.9 Å². The average Bonchev–Trinajstić information content (AvgIpc) is 3.72. The molecule has 2 heterocycles. The highest BCUT2D eigenvalue weighted by atomic mass is 32.1. The van der Waals surface area contributed by atoms with Crippen molar-refractivity contribution < 1.29 is 48.4 Å². The number of fused-ring (bicyclic) bond motifs is 2. The first-order chi connectivity index (χ1) is 29.9. The van der Waals surface area contributed by atoms with Crippen LogP contribution in [0, 0.1) is 5.92 Å². The number of phenolic OH excluding ortho intramolecular Hbond substituents is 1. The van der Waals surface area contributed by atoms with E-state index in [2.05, 4.69) is 26.3 Å². The first-order valence-corrected chi connectivity index (χ1v) is 20.7. The molecule has 2 aromatic rings. The lowest BCUT2D eigenvalue weighted by Gasteiger charge is -2.31. The van der Waals surface area contributed by atoms with Crippen LogP contribution in [0.15, 0.2) is 68.8 Å². The Hall–Kier alpha value is -6.80. The number of aromatic hydroxyl groups is 1. The number of nitrogens with one attached hydrogen (secondary N) is 4. The van der Waals surface area contributed by atoms with Gasteiger partial charge in [-0.05, 0) is 99.1 Å². The highest BCUT2D eigenvalue weighted by Crippen LogP contribution is 2.42. The number of carboxylic acids is 1. The zero-order chi connectivity index (χ0) is 46.1. The van der Waals surface area contributed by atoms with Crippen LogP contribution in [-0.4, -0.2) is 111 Å². The topological polar surface area (TPSA) is 301 Å². The maximum Gasteiger partial charge on any atom is 0.336 e. The first-order valence-electron chi connectivity index (χ1n) is 20.3. The maximum atomic E-state index is 14.3. The van der Waals surface area contributed by atoms with Gasteiger partial charge in [-0.3, -0.25) is 24.2 Å². The Morgan fingerprint density at radius 3 is 2.38 bits per heavy atom. The maximum absolute atomic E-state index is 14.3. The van der Waals surface area contributed by atoms with Crippen molar-refractivity contribution in [2.24, 2.45) is 22.4 Å². The van der Waals surface area contributed by atoms with Crippen LogP contribution < -0.4 is 38.2 Å². The summed E-state index contributed by atoms with van der Waals surface area (Å²) in [4.78, 5) is 84.3. The van der Waals surface area contributed by atoms with E-state index in [1.165, 1.54) is 42.2 Å². The molecule has 1 fully saturated rings. The largest absolute Gasteiger partial charge is 0.508 e. The lowest BCUT2D eigenvalue weighted by molar-refractivity contribution is -0.148. The fraction of sp³-hybridized carbons (Fsp3) is 0.395. The average molecular weight is 889 g/mol. The summed E-state index contributed by atoms with van der Waals surface area (Å²) in [5.74, 6) is -4.02. The third-order valence-electron chi connectivity index (χ3n) is 10.4. The van der Waals surface area contributed by atoms with Gasteiger partial charge in [0.2, 0.25) is 17.7 Å². The number of guanidine groups is 1. The molecule has 0 saturated carbocycles. The standard InChI is InChI=1S/C43H52N8O11S/c1-21(2)17-31(39(57)51-16-6-8-32(51)38(56)48-30(7-5-15-46-42(44)45)37(55)50-36(22(3)52)41(60)61-4)49-43(63)47-23-9-12-26(29(18-23)40(58)59)35-27-13-10-24(53)19-33(27)62-34-20-25(54)11-14-28(34)35/h9-14,18-22,30-32,36,52-53H,5-8,15-17H2,1-4H3,(H,48,56)(H,50,55)(H,58,59)(H4,44,45,46)(H2,47,49,63)/t22?,30-,31-,32-,36?/m0/s1. The van der Waals surface area contributed by atoms with Crippen LogP contribution in [-0.2, 0) is 23.9 Å². The second-order valence-electron chi connectivity index (χ2n) is 15.6. The van der Waals surface area contributed by atoms with Crippen LogP contribution in [0.4, 0.5) is 5.69 Å². The van der Waals surface area contributed by atoms with Gasteiger partial charge in [0.1, 0.15) is 35.2 Å². The SMILES string of the molecule is COC(=O)C(NC(=O)[C@H](CCCN=C(N)N)NC(=O)[C@@H]1CCCN1C(=O)[C@H](CC(C)C)NC(=S)Nc1ccc(-c2c3ccc(=O)cc-3oc3cc(O)ccc23)c(C(=O)O)c1)C(C)O. The summed E-state index contributed by atoms with van der Waals surface area (Å²) in [5, 5.41) is 42.4. The van der Waals surface area contributed by atoms with E-state index in [1.807, 2.05) is 13.8 Å². The van der Waals surface area contributed by atoms with Crippen molar-refractivity contribution >= 4 is 69.6 Å². The van der Waals surface area contributed by atoms with Gasteiger partial charge in [0.05, 0.1) is 18.8 Å². The molecule has 2 aliphatic heterocycles. The summed E-state index contributed by atoms with van der Waals surface area (Å²) in [6.45, 7) is 5.49. The van der Waals surface area contributed by atoms with Gasteiger partial charge in [0, 0.05) is 47.4 Å². The fourth-order valence-electron chi connectivity index (χ4n) is 7.49. The molecule has 336 valence electrons. The number of carboxylic acid groups (broad SMARTS) is 1. The van der Waals surface area contributed by atoms with E-state index >= 15 is 0 Å². The van der Waals surface area contributed by atoms with Crippen molar-refractivity contribution in [1.82, 2.24) is 20.9 Å². The summed E-state index contributed by atoms with van der Waals surface area (Å²) >= 11 is 5.65. The van der Waals surface area contributed by atoms with Crippen molar-refractivity contribution in [3.05, 3.63) is 70.4 Å². The van der Waals surface area contributed by atoms with E-state index in [0.717, 1.165) is 7.11 Å². The first kappa shape index (κ1) is 47.3. The van der Waals surface area contributed by atoms with Crippen LogP contribution in [0.5, 0.6) is 5.75 Å². The molecule has 2 unspecified atom stereocenters. The summed E-state index contributed by atoms with van der Waals surface area (Å²) in [6.07, 6.45) is 0.0671. The Morgan fingerprint density at radius 2 is 1.71 bits per heavy atom. The van der Waals surface area contributed by atoms with E-state index in [4.69, 9.17) is 32.8 Å². The quantitative estimate of drug-likeness (QED) is 0.0183. The number of aliphatic hydroxyl groups is 1. The number of carbonyl (C=O) groups is 5. The predicted molar refractivity (Wildman–Crippen MR) is 238 cm³/mol. The number of methoxy groups -OCH3 is 1. The van der Waals surface area contributed by atoms with Gasteiger partial charge in [0.15, 0.2) is 22.5 Å². The smallest absolute Gasteiger partial charge is 0.336 e. The van der Waals surface area contributed by atoms with E-state index in [0.29, 0.717) is 41.3 Å². The van der Waals surface area contributed by atoms with Crippen LogP contribution in [0.3, 0.4) is 0 Å². The molecule has 20 heteroatoms. The summed E-state index contributed by atoms with van der Waals surface area (Å²) in [7, 11) is 1.11. The minimum absolute atomic E-state index is 0.00179. The molecule has 11 N–H and O–H groups in total. The number of nitrogens with two attached hydrogens (primary N) is 2.